The Morgan fingerprint density at radius 2 is 2.32 bits per heavy atom. The summed E-state index contributed by atoms with van der Waals surface area (Å²) in [6.45, 7) is 0.995. The number of thioether (sulfide) groups is 1. The Labute approximate surface area is 140 Å². The molecule has 0 unspecified atom stereocenters. The number of hydrogen-bond donors (Lipinski definition) is 0. The fraction of sp³-hybridized carbons (Fsp3) is 0.353. The maximum Gasteiger partial charge on any atom is 0.192 e. The van der Waals surface area contributed by atoms with E-state index in [4.69, 9.17) is 16.3 Å². The number of allylic oxidation sites excluding steroid dienone is 1. The van der Waals surface area contributed by atoms with Gasteiger partial charge in [0.1, 0.15) is 5.75 Å². The van der Waals surface area contributed by atoms with Gasteiger partial charge in [0.15, 0.2) is 5.78 Å². The van der Waals surface area contributed by atoms with Gasteiger partial charge in [0.05, 0.1) is 17.7 Å². The average Bonchev–Trinajstić information content (AvgIpc) is 2.90. The van der Waals surface area contributed by atoms with Crippen LogP contribution in [0.15, 0.2) is 40.9 Å². The number of ether oxygens (including phenoxy) is 1. The molecule has 0 saturated heterocycles. The van der Waals surface area contributed by atoms with Crippen molar-refractivity contribution in [3.63, 3.8) is 0 Å². The molecule has 1 aliphatic carbocycles. The van der Waals surface area contributed by atoms with Crippen LogP contribution in [-0.2, 0) is 0 Å². The van der Waals surface area contributed by atoms with Crippen LogP contribution in [0, 0.1) is 5.92 Å². The molecule has 1 aromatic carbocycles. The smallest absolute Gasteiger partial charge is 0.192 e. The summed E-state index contributed by atoms with van der Waals surface area (Å²) in [6, 6.07) is 5.10. The molecule has 3 nitrogen and oxygen atoms in total. The molecule has 3 rings (SSSR count). The minimum atomic E-state index is -0.0795. The molecule has 0 bridgehead atoms. The molecule has 1 heterocycles. The molecule has 0 radical (unpaired) electrons. The van der Waals surface area contributed by atoms with Crippen molar-refractivity contribution in [2.24, 2.45) is 5.92 Å². The maximum atomic E-state index is 12.6. The lowest BCUT2D eigenvalue weighted by atomic mass is 9.85. The maximum absolute atomic E-state index is 12.6. The fourth-order valence-electron chi connectivity index (χ4n) is 2.60. The standard InChI is InChI=1S/C17H18ClNO2S/c1-21-16-6-5-13(18)9-14(16)15(20)10-17-19(7-8-22-17)11-12-3-2-4-12/h5-10,12H,2-4,11H2,1H3/b17-10-. The Kier molecular flexibility index (Phi) is 4.79. The van der Waals surface area contributed by atoms with Crippen molar-refractivity contribution in [2.75, 3.05) is 13.7 Å². The van der Waals surface area contributed by atoms with Crippen molar-refractivity contribution in [1.82, 2.24) is 4.90 Å². The minimum Gasteiger partial charge on any atom is -0.496 e. The number of carbonyl (C=O) groups excluding carboxylic acids is 1. The van der Waals surface area contributed by atoms with Crippen LogP contribution in [0.25, 0.3) is 0 Å². The Morgan fingerprint density at radius 1 is 1.50 bits per heavy atom. The summed E-state index contributed by atoms with van der Waals surface area (Å²) in [6.07, 6.45) is 7.64. The number of nitrogens with zero attached hydrogens (tertiary/aromatic N) is 1. The van der Waals surface area contributed by atoms with E-state index in [0.717, 1.165) is 17.5 Å². The Morgan fingerprint density at radius 3 is 3.00 bits per heavy atom. The first-order valence-electron chi connectivity index (χ1n) is 7.37. The van der Waals surface area contributed by atoms with Crippen LogP contribution in [0.1, 0.15) is 29.6 Å². The van der Waals surface area contributed by atoms with Crippen LogP contribution < -0.4 is 4.74 Å². The summed E-state index contributed by atoms with van der Waals surface area (Å²) in [5.41, 5.74) is 0.499. The molecule has 0 spiro atoms. The van der Waals surface area contributed by atoms with Gasteiger partial charge in [-0.15, -0.1) is 0 Å². The van der Waals surface area contributed by atoms with E-state index in [1.54, 1.807) is 43.1 Å². The lowest BCUT2D eigenvalue weighted by Crippen LogP contribution is -2.26. The molecule has 0 amide bonds. The molecule has 1 fully saturated rings. The highest BCUT2D eigenvalue weighted by atomic mass is 35.5. The molecule has 1 aromatic rings. The van der Waals surface area contributed by atoms with Crippen molar-refractivity contribution in [3.8, 4) is 5.75 Å². The van der Waals surface area contributed by atoms with E-state index >= 15 is 0 Å². The topological polar surface area (TPSA) is 29.5 Å². The van der Waals surface area contributed by atoms with Crippen molar-refractivity contribution in [1.29, 1.82) is 0 Å². The Bertz CT molecular complexity index is 638. The molecule has 0 N–H and O–H groups in total. The number of ketones is 1. The summed E-state index contributed by atoms with van der Waals surface area (Å²) in [4.78, 5) is 14.7. The second kappa shape index (κ2) is 6.80. The number of hydrogen-bond acceptors (Lipinski definition) is 4. The normalized spacial score (nSPS) is 19.5. The molecule has 116 valence electrons. The summed E-state index contributed by atoms with van der Waals surface area (Å²) < 4.78 is 5.26. The molecule has 0 aromatic heterocycles. The molecule has 1 saturated carbocycles. The minimum absolute atomic E-state index is 0.0795. The highest BCUT2D eigenvalue weighted by molar-refractivity contribution is 8.06. The number of carbonyl (C=O) groups is 1. The van der Waals surface area contributed by atoms with Crippen molar-refractivity contribution in [3.05, 3.63) is 51.5 Å². The van der Waals surface area contributed by atoms with Gasteiger partial charge in [-0.3, -0.25) is 4.79 Å². The van der Waals surface area contributed by atoms with E-state index in [-0.39, 0.29) is 5.78 Å². The lowest BCUT2D eigenvalue weighted by Gasteiger charge is -2.30. The van der Waals surface area contributed by atoms with E-state index in [1.165, 1.54) is 19.3 Å². The number of rotatable bonds is 5. The van der Waals surface area contributed by atoms with Crippen LogP contribution in [0.4, 0.5) is 0 Å². The van der Waals surface area contributed by atoms with Gasteiger partial charge in [-0.1, -0.05) is 29.8 Å². The molecule has 1 aliphatic heterocycles. The van der Waals surface area contributed by atoms with Gasteiger partial charge < -0.3 is 9.64 Å². The van der Waals surface area contributed by atoms with Crippen molar-refractivity contribution >= 4 is 29.1 Å². The zero-order valence-electron chi connectivity index (χ0n) is 12.4. The van der Waals surface area contributed by atoms with Gasteiger partial charge in [0.2, 0.25) is 0 Å². The predicted molar refractivity (Wildman–Crippen MR) is 91.2 cm³/mol. The Hall–Kier alpha value is -1.39. The first-order chi connectivity index (χ1) is 10.7. The number of methoxy groups -OCH3 is 1. The summed E-state index contributed by atoms with van der Waals surface area (Å²) in [7, 11) is 1.56. The third-order valence-electron chi connectivity index (χ3n) is 4.07. The predicted octanol–water partition coefficient (Wildman–Crippen LogP) is 4.69. The van der Waals surface area contributed by atoms with E-state index in [9.17, 15) is 4.79 Å². The highest BCUT2D eigenvalue weighted by Crippen LogP contribution is 2.35. The van der Waals surface area contributed by atoms with Gasteiger partial charge in [0, 0.05) is 23.8 Å². The first kappa shape index (κ1) is 15.5. The summed E-state index contributed by atoms with van der Waals surface area (Å²) >= 11 is 7.58. The van der Waals surface area contributed by atoms with Crippen molar-refractivity contribution in [2.45, 2.75) is 19.3 Å². The zero-order chi connectivity index (χ0) is 15.5. The second-order valence-corrected chi connectivity index (χ2v) is 6.91. The van der Waals surface area contributed by atoms with Crippen LogP contribution in [0.3, 0.4) is 0 Å². The number of halogens is 1. The molecule has 0 atom stereocenters. The van der Waals surface area contributed by atoms with Crippen LogP contribution >= 0.6 is 23.4 Å². The van der Waals surface area contributed by atoms with E-state index < -0.39 is 0 Å². The largest absolute Gasteiger partial charge is 0.496 e. The molecular formula is C17H18ClNO2S. The summed E-state index contributed by atoms with van der Waals surface area (Å²) in [5, 5.41) is 3.53. The fourth-order valence-corrected chi connectivity index (χ4v) is 3.56. The Balaban J connectivity index is 1.78. The quantitative estimate of drug-likeness (QED) is 0.576. The van der Waals surface area contributed by atoms with Gasteiger partial charge in [-0.05, 0) is 42.4 Å². The monoisotopic (exact) mass is 335 g/mol. The first-order valence-corrected chi connectivity index (χ1v) is 8.62. The summed E-state index contributed by atoms with van der Waals surface area (Å²) in [5.74, 6) is 1.22. The molecular weight excluding hydrogens is 318 g/mol. The average molecular weight is 336 g/mol. The van der Waals surface area contributed by atoms with E-state index in [1.807, 2.05) is 5.41 Å². The van der Waals surface area contributed by atoms with Gasteiger partial charge in [-0.25, -0.2) is 0 Å². The van der Waals surface area contributed by atoms with Gasteiger partial charge in [0.25, 0.3) is 0 Å². The molecule has 22 heavy (non-hydrogen) atoms. The highest BCUT2D eigenvalue weighted by Gasteiger charge is 2.23. The third-order valence-corrected chi connectivity index (χ3v) is 5.16. The molecule has 5 heteroatoms. The van der Waals surface area contributed by atoms with Crippen molar-refractivity contribution < 1.29 is 9.53 Å². The zero-order valence-corrected chi connectivity index (χ0v) is 14.0. The van der Waals surface area contributed by atoms with Gasteiger partial charge in [-0.2, -0.15) is 0 Å². The SMILES string of the molecule is COc1ccc(Cl)cc1C(=O)/C=C1\SC=CN1CC1CCC1. The van der Waals surface area contributed by atoms with Gasteiger partial charge >= 0.3 is 0 Å². The van der Waals surface area contributed by atoms with Crippen LogP contribution in [0.2, 0.25) is 5.02 Å². The molecule has 2 aliphatic rings. The second-order valence-electron chi connectivity index (χ2n) is 5.54. The number of benzene rings is 1. The third kappa shape index (κ3) is 3.33. The van der Waals surface area contributed by atoms with Crippen LogP contribution in [-0.4, -0.2) is 24.3 Å². The van der Waals surface area contributed by atoms with Crippen LogP contribution in [0.5, 0.6) is 5.75 Å². The lowest BCUT2D eigenvalue weighted by molar-refractivity contribution is 0.104. The van der Waals surface area contributed by atoms with E-state index in [2.05, 4.69) is 11.1 Å². The van der Waals surface area contributed by atoms with E-state index in [0.29, 0.717) is 16.3 Å².